The van der Waals surface area contributed by atoms with Crippen LogP contribution in [0.2, 0.25) is 0 Å². The number of rotatable bonds is 3. The summed E-state index contributed by atoms with van der Waals surface area (Å²) in [5, 5.41) is 10.7. The summed E-state index contributed by atoms with van der Waals surface area (Å²) in [7, 11) is -4.55. The molecule has 0 aliphatic carbocycles. The SMILES string of the molecule is O=C([O-])N1CCC(NS(=O)(=O)c2ccc(F)cc2C(F)(F)F)CC1. The number of piperidine rings is 1. The van der Waals surface area contributed by atoms with Crippen LogP contribution in [0.5, 0.6) is 0 Å². The smallest absolute Gasteiger partial charge is 0.417 e. The molecular formula is C13H13F4N2O4S-. The molecular weight excluding hydrogens is 356 g/mol. The van der Waals surface area contributed by atoms with Gasteiger partial charge in [-0.3, -0.25) is 0 Å². The summed E-state index contributed by atoms with van der Waals surface area (Å²) < 4.78 is 78.4. The molecule has 0 unspecified atom stereocenters. The number of hydrogen-bond donors (Lipinski definition) is 1. The van der Waals surface area contributed by atoms with E-state index in [0.29, 0.717) is 12.1 Å². The largest absolute Gasteiger partial charge is 0.530 e. The Balaban J connectivity index is 2.22. The van der Waals surface area contributed by atoms with Crippen molar-refractivity contribution in [3.63, 3.8) is 0 Å². The van der Waals surface area contributed by atoms with E-state index in [1.54, 1.807) is 0 Å². The van der Waals surface area contributed by atoms with Gasteiger partial charge in [0.05, 0.1) is 10.5 Å². The lowest BCUT2D eigenvalue weighted by Crippen LogP contribution is -2.50. The van der Waals surface area contributed by atoms with Crippen molar-refractivity contribution in [3.05, 3.63) is 29.6 Å². The molecule has 6 nitrogen and oxygen atoms in total. The molecule has 1 aromatic rings. The number of carboxylic acid groups (broad SMARTS) is 1. The van der Waals surface area contributed by atoms with Crippen molar-refractivity contribution >= 4 is 16.1 Å². The fourth-order valence-electron chi connectivity index (χ4n) is 2.42. The van der Waals surface area contributed by atoms with E-state index in [0.717, 1.165) is 4.90 Å². The second-order valence-corrected chi connectivity index (χ2v) is 6.97. The van der Waals surface area contributed by atoms with Crippen LogP contribution in [0, 0.1) is 5.82 Å². The molecule has 1 aliphatic rings. The Labute approximate surface area is 135 Å². The van der Waals surface area contributed by atoms with E-state index in [1.165, 1.54) is 0 Å². The summed E-state index contributed by atoms with van der Waals surface area (Å²) in [6.07, 6.45) is -6.25. The van der Waals surface area contributed by atoms with Crippen LogP contribution in [0.1, 0.15) is 18.4 Å². The van der Waals surface area contributed by atoms with Crippen LogP contribution in [0.25, 0.3) is 0 Å². The minimum atomic E-state index is -5.04. The molecule has 1 aliphatic heterocycles. The normalized spacial score (nSPS) is 17.1. The molecule has 1 heterocycles. The number of nitrogens with one attached hydrogen (secondary N) is 1. The molecule has 1 N–H and O–H groups in total. The van der Waals surface area contributed by atoms with Gasteiger partial charge in [-0.15, -0.1) is 0 Å². The molecule has 0 bridgehead atoms. The number of amides is 1. The molecule has 0 spiro atoms. The van der Waals surface area contributed by atoms with Crippen LogP contribution in [-0.4, -0.2) is 38.5 Å². The van der Waals surface area contributed by atoms with Gasteiger partial charge in [0.1, 0.15) is 11.9 Å². The molecule has 1 amide bonds. The van der Waals surface area contributed by atoms with E-state index in [4.69, 9.17) is 0 Å². The predicted octanol–water partition coefficient (Wildman–Crippen LogP) is 0.931. The molecule has 2 rings (SSSR count). The molecule has 24 heavy (non-hydrogen) atoms. The average Bonchev–Trinajstić information content (AvgIpc) is 2.46. The lowest BCUT2D eigenvalue weighted by Gasteiger charge is -2.33. The summed E-state index contributed by atoms with van der Waals surface area (Å²) in [5.41, 5.74) is -1.60. The third-order valence-corrected chi connectivity index (χ3v) is 5.19. The van der Waals surface area contributed by atoms with Crippen LogP contribution < -0.4 is 9.83 Å². The van der Waals surface area contributed by atoms with E-state index in [9.17, 15) is 35.9 Å². The van der Waals surface area contributed by atoms with Crippen LogP contribution >= 0.6 is 0 Å². The predicted molar refractivity (Wildman–Crippen MR) is 71.7 cm³/mol. The van der Waals surface area contributed by atoms with E-state index in [-0.39, 0.29) is 32.0 Å². The van der Waals surface area contributed by atoms with Gasteiger partial charge in [0, 0.05) is 19.1 Å². The van der Waals surface area contributed by atoms with E-state index in [2.05, 4.69) is 4.72 Å². The quantitative estimate of drug-likeness (QED) is 0.803. The number of carbonyl (C=O) groups excluding carboxylic acids is 1. The summed E-state index contributed by atoms with van der Waals surface area (Å²) in [4.78, 5) is 10.6. The first kappa shape index (κ1) is 18.5. The minimum Gasteiger partial charge on any atom is -0.530 e. The Morgan fingerprint density at radius 2 is 1.83 bits per heavy atom. The highest BCUT2D eigenvalue weighted by molar-refractivity contribution is 7.89. The van der Waals surface area contributed by atoms with Gasteiger partial charge < -0.3 is 14.8 Å². The van der Waals surface area contributed by atoms with Gasteiger partial charge in [0.15, 0.2) is 0 Å². The number of alkyl halides is 3. The fourth-order valence-corrected chi connectivity index (χ4v) is 3.93. The van der Waals surface area contributed by atoms with E-state index in [1.807, 2.05) is 0 Å². The van der Waals surface area contributed by atoms with Gasteiger partial charge in [0.2, 0.25) is 10.0 Å². The molecule has 11 heteroatoms. The maximum absolute atomic E-state index is 13.1. The van der Waals surface area contributed by atoms with Gasteiger partial charge >= 0.3 is 6.18 Å². The van der Waals surface area contributed by atoms with Gasteiger partial charge in [-0.25, -0.2) is 17.5 Å². The zero-order valence-electron chi connectivity index (χ0n) is 12.1. The monoisotopic (exact) mass is 369 g/mol. The second kappa shape index (κ2) is 6.55. The van der Waals surface area contributed by atoms with E-state index < -0.39 is 44.6 Å². The topological polar surface area (TPSA) is 89.5 Å². The van der Waals surface area contributed by atoms with Crippen molar-refractivity contribution < 1.29 is 35.9 Å². The first-order valence-corrected chi connectivity index (χ1v) is 8.34. The van der Waals surface area contributed by atoms with Crippen molar-refractivity contribution in [2.75, 3.05) is 13.1 Å². The highest BCUT2D eigenvalue weighted by Gasteiger charge is 2.38. The van der Waals surface area contributed by atoms with Crippen LogP contribution in [-0.2, 0) is 16.2 Å². The average molecular weight is 369 g/mol. The van der Waals surface area contributed by atoms with Crippen LogP contribution in [0.4, 0.5) is 22.4 Å². The first-order valence-electron chi connectivity index (χ1n) is 6.86. The van der Waals surface area contributed by atoms with Crippen LogP contribution in [0.3, 0.4) is 0 Å². The van der Waals surface area contributed by atoms with E-state index >= 15 is 0 Å². The summed E-state index contributed by atoms with van der Waals surface area (Å²) in [6, 6.07) is 0.573. The van der Waals surface area contributed by atoms with Gasteiger partial charge in [-0.1, -0.05) is 0 Å². The molecule has 0 atom stereocenters. The minimum absolute atomic E-state index is 0.00503. The van der Waals surface area contributed by atoms with Crippen LogP contribution in [0.15, 0.2) is 23.1 Å². The van der Waals surface area contributed by atoms with Crippen molar-refractivity contribution in [2.45, 2.75) is 30.0 Å². The van der Waals surface area contributed by atoms with Gasteiger partial charge in [-0.05, 0) is 31.0 Å². The van der Waals surface area contributed by atoms with Crippen molar-refractivity contribution in [1.29, 1.82) is 0 Å². The Hall–Kier alpha value is -1.88. The highest BCUT2D eigenvalue weighted by Crippen LogP contribution is 2.34. The summed E-state index contributed by atoms with van der Waals surface area (Å²) in [5.74, 6) is -1.21. The molecule has 1 saturated heterocycles. The summed E-state index contributed by atoms with van der Waals surface area (Å²) in [6.45, 7) is 0.0101. The third-order valence-electron chi connectivity index (χ3n) is 3.61. The maximum Gasteiger partial charge on any atom is 0.417 e. The van der Waals surface area contributed by atoms with Gasteiger partial charge in [-0.2, -0.15) is 13.2 Å². The van der Waals surface area contributed by atoms with Crippen molar-refractivity contribution in [2.24, 2.45) is 0 Å². The summed E-state index contributed by atoms with van der Waals surface area (Å²) >= 11 is 0. The van der Waals surface area contributed by atoms with Crippen molar-refractivity contribution in [3.8, 4) is 0 Å². The molecule has 134 valence electrons. The number of carbonyl (C=O) groups is 1. The fraction of sp³-hybridized carbons (Fsp3) is 0.462. The van der Waals surface area contributed by atoms with Gasteiger partial charge in [0.25, 0.3) is 0 Å². The Kier molecular flexibility index (Phi) is 5.04. The zero-order chi connectivity index (χ0) is 18.1. The molecule has 1 aromatic carbocycles. The lowest BCUT2D eigenvalue weighted by atomic mass is 10.1. The van der Waals surface area contributed by atoms with Crippen molar-refractivity contribution in [1.82, 2.24) is 9.62 Å². The lowest BCUT2D eigenvalue weighted by molar-refractivity contribution is -0.266. The zero-order valence-corrected chi connectivity index (χ0v) is 13.0. The highest BCUT2D eigenvalue weighted by atomic mass is 32.2. The number of hydrogen-bond acceptors (Lipinski definition) is 4. The molecule has 0 saturated carbocycles. The maximum atomic E-state index is 13.1. The number of benzene rings is 1. The molecule has 1 fully saturated rings. The first-order chi connectivity index (χ1) is 11.0. The third kappa shape index (κ3) is 4.15. The second-order valence-electron chi connectivity index (χ2n) is 5.29. The Morgan fingerprint density at radius 3 is 2.33 bits per heavy atom. The number of likely N-dealkylation sites (tertiary alicyclic amines) is 1. The number of halogens is 4. The standard InChI is InChI=1S/C13H14F4N2O4S/c14-8-1-2-11(10(7-8)13(15,16)17)24(22,23)18-9-3-5-19(6-4-9)12(20)21/h1-2,7,9,18H,3-6H2,(H,20,21)/p-1. The Morgan fingerprint density at radius 1 is 1.25 bits per heavy atom. The molecule has 0 aromatic heterocycles. The number of nitrogens with zero attached hydrogens (tertiary/aromatic N) is 1. The number of sulfonamides is 1. The Bertz CT molecular complexity index is 728. The molecule has 0 radical (unpaired) electrons.